The number of ketones is 4. The van der Waals surface area contributed by atoms with Crippen molar-refractivity contribution in [2.75, 3.05) is 5.32 Å². The molecule has 6 saturated carbocycles. The predicted molar refractivity (Wildman–Crippen MR) is 160 cm³/mol. The summed E-state index contributed by atoms with van der Waals surface area (Å²) >= 11 is 1.43. The van der Waals surface area contributed by atoms with Crippen LogP contribution in [0.25, 0.3) is 0 Å². The molecule has 0 radical (unpaired) electrons. The molecule has 11 nitrogen and oxygen atoms in total. The number of amides is 1. The van der Waals surface area contributed by atoms with Gasteiger partial charge in [-0.05, 0) is 73.3 Å². The topological polar surface area (TPSA) is 197 Å². The lowest BCUT2D eigenvalue weighted by molar-refractivity contribution is -0.189. The van der Waals surface area contributed by atoms with E-state index in [-0.39, 0.29) is 11.3 Å². The average Bonchev–Trinajstić information content (AvgIpc) is 3.43. The zero-order chi connectivity index (χ0) is 31.7. The van der Waals surface area contributed by atoms with E-state index >= 15 is 0 Å². The Labute approximate surface area is 262 Å². The van der Waals surface area contributed by atoms with Crippen LogP contribution in [-0.2, 0) is 19.2 Å². The van der Waals surface area contributed by atoms with Gasteiger partial charge in [0.05, 0.1) is 29.0 Å². The number of Topliss-reactive ketones (excluding diaryl/α,β-unsaturated/α-hetero) is 4. The lowest BCUT2D eigenvalue weighted by atomic mass is 9.50. The zero-order valence-electron chi connectivity index (χ0n) is 24.6. The van der Waals surface area contributed by atoms with Gasteiger partial charge in [0, 0.05) is 29.6 Å². The molecule has 6 fully saturated rings. The number of rotatable bonds is 4. The van der Waals surface area contributed by atoms with Crippen molar-refractivity contribution in [1.82, 2.24) is 4.98 Å². The number of carbonyl (C=O) groups excluding carboxylic acids is 5. The number of aliphatic hydroxyl groups excluding tert-OH is 1. The van der Waals surface area contributed by atoms with E-state index < -0.39 is 82.5 Å². The van der Waals surface area contributed by atoms with Crippen molar-refractivity contribution in [1.29, 1.82) is 0 Å². The Morgan fingerprint density at radius 1 is 1.04 bits per heavy atom. The molecule has 7 aliphatic rings. The molecule has 9 rings (SSSR count). The highest BCUT2D eigenvalue weighted by Gasteiger charge is 2.70. The van der Waals surface area contributed by atoms with Crippen molar-refractivity contribution in [2.24, 2.45) is 53.1 Å². The standard InChI is InChI=1S/C33H35N3O8S/c1-11-16-2-3-18(35-32-36-19(10-45-32)22-14-5-12-4-13(7-14)8-15(22)6-12)27(39)23(16)28(40)25-21(11)26(38)17-9-20(37)24(31(34)43)29(41)33(17,44)30(25)42/h2-3,10-15,17,21-22,24-26,38-39,44H,4-9H2,1H3,(H2,34,43)(H,35,36)/t11-,12?,13?,14?,15?,17+,21+,22?,24?,25?,26+,33+/m0/s1. The molecule has 7 aliphatic carbocycles. The molecule has 1 heterocycles. The molecule has 2 unspecified atom stereocenters. The summed E-state index contributed by atoms with van der Waals surface area (Å²) in [7, 11) is 0. The maximum Gasteiger partial charge on any atom is 0.235 e. The van der Waals surface area contributed by atoms with Crippen LogP contribution in [0.5, 0.6) is 5.75 Å². The molecule has 0 aliphatic heterocycles. The number of benzene rings is 1. The first-order chi connectivity index (χ1) is 21.4. The molecule has 45 heavy (non-hydrogen) atoms. The number of aromatic hydroxyl groups is 1. The largest absolute Gasteiger partial charge is 0.505 e. The number of aromatic nitrogens is 1. The number of anilines is 2. The van der Waals surface area contributed by atoms with Gasteiger partial charge in [0.25, 0.3) is 0 Å². The molecule has 7 atom stereocenters. The Morgan fingerprint density at radius 3 is 2.36 bits per heavy atom. The first kappa shape index (κ1) is 29.0. The van der Waals surface area contributed by atoms with Crippen LogP contribution in [0.2, 0.25) is 0 Å². The van der Waals surface area contributed by atoms with Crippen LogP contribution in [0.1, 0.15) is 78.9 Å². The van der Waals surface area contributed by atoms with Crippen molar-refractivity contribution >= 4 is 51.2 Å². The number of nitrogens with two attached hydrogens (primary N) is 1. The van der Waals surface area contributed by atoms with Crippen LogP contribution in [0.4, 0.5) is 10.8 Å². The van der Waals surface area contributed by atoms with Crippen molar-refractivity contribution in [3.8, 4) is 5.75 Å². The Bertz CT molecular complexity index is 1670. The quantitative estimate of drug-likeness (QED) is 0.246. The van der Waals surface area contributed by atoms with Crippen LogP contribution >= 0.6 is 11.3 Å². The van der Waals surface area contributed by atoms with Crippen LogP contribution in [0.15, 0.2) is 17.5 Å². The number of hydrogen-bond donors (Lipinski definition) is 5. The Kier molecular flexibility index (Phi) is 6.28. The molecule has 0 saturated heterocycles. The number of carbonyl (C=O) groups is 5. The maximum absolute atomic E-state index is 14.0. The van der Waals surface area contributed by atoms with Gasteiger partial charge in [0.2, 0.25) is 5.91 Å². The van der Waals surface area contributed by atoms with E-state index in [4.69, 9.17) is 10.7 Å². The highest BCUT2D eigenvalue weighted by Crippen LogP contribution is 2.60. The van der Waals surface area contributed by atoms with Crippen LogP contribution in [-0.4, -0.2) is 61.0 Å². The highest BCUT2D eigenvalue weighted by molar-refractivity contribution is 7.13. The number of fused-ring (bicyclic) bond motifs is 3. The fourth-order valence-corrected chi connectivity index (χ4v) is 11.2. The second-order valence-electron chi connectivity index (χ2n) is 14.4. The van der Waals surface area contributed by atoms with Gasteiger partial charge in [0.1, 0.15) is 5.75 Å². The second-order valence-corrected chi connectivity index (χ2v) is 15.2. The summed E-state index contributed by atoms with van der Waals surface area (Å²) in [6.07, 6.45) is 4.22. The zero-order valence-corrected chi connectivity index (χ0v) is 25.5. The average molecular weight is 634 g/mol. The normalized spacial score (nSPS) is 41.4. The van der Waals surface area contributed by atoms with Gasteiger partial charge in [-0.3, -0.25) is 24.0 Å². The number of phenols is 1. The number of thiazole rings is 1. The highest BCUT2D eigenvalue weighted by atomic mass is 32.1. The fourth-order valence-electron chi connectivity index (χ4n) is 10.5. The van der Waals surface area contributed by atoms with E-state index in [2.05, 4.69) is 10.7 Å². The minimum atomic E-state index is -2.94. The lowest BCUT2D eigenvalue weighted by Crippen LogP contribution is -2.72. The Hall–Kier alpha value is -3.48. The summed E-state index contributed by atoms with van der Waals surface area (Å²) in [6, 6.07) is 3.28. The number of hydrogen-bond acceptors (Lipinski definition) is 11. The van der Waals surface area contributed by atoms with Crippen molar-refractivity contribution < 1.29 is 39.3 Å². The van der Waals surface area contributed by atoms with Gasteiger partial charge in [-0.25, -0.2) is 4.98 Å². The van der Waals surface area contributed by atoms with E-state index in [0.717, 1.165) is 17.5 Å². The molecule has 0 spiro atoms. The molecule has 1 aromatic carbocycles. The molecule has 1 aromatic heterocycles. The minimum Gasteiger partial charge on any atom is -0.505 e. The second kappa shape index (κ2) is 9.76. The minimum absolute atomic E-state index is 0.139. The van der Waals surface area contributed by atoms with E-state index in [1.165, 1.54) is 43.4 Å². The van der Waals surface area contributed by atoms with Gasteiger partial charge < -0.3 is 26.4 Å². The predicted octanol–water partition coefficient (Wildman–Crippen LogP) is 2.60. The van der Waals surface area contributed by atoms with Gasteiger partial charge in [-0.2, -0.15) is 0 Å². The molecule has 6 N–H and O–H groups in total. The number of phenolic OH excluding ortho intramolecular Hbond substituents is 1. The Morgan fingerprint density at radius 2 is 1.71 bits per heavy atom. The molecule has 236 valence electrons. The molecular weight excluding hydrogens is 598 g/mol. The summed E-state index contributed by atoms with van der Waals surface area (Å²) in [4.78, 5) is 70.6. The molecule has 4 bridgehead atoms. The van der Waals surface area contributed by atoms with E-state index in [1.807, 2.05) is 0 Å². The smallest absolute Gasteiger partial charge is 0.235 e. The molecule has 12 heteroatoms. The monoisotopic (exact) mass is 633 g/mol. The van der Waals surface area contributed by atoms with Gasteiger partial charge in [0.15, 0.2) is 39.8 Å². The van der Waals surface area contributed by atoms with Gasteiger partial charge in [-0.15, -0.1) is 11.3 Å². The number of aliphatic hydroxyl groups is 2. The maximum atomic E-state index is 14.0. The van der Waals surface area contributed by atoms with E-state index in [1.54, 1.807) is 19.1 Å². The van der Waals surface area contributed by atoms with Gasteiger partial charge >= 0.3 is 0 Å². The number of nitrogens with one attached hydrogen (secondary N) is 1. The Balaban J connectivity index is 1.11. The lowest BCUT2D eigenvalue weighted by Gasteiger charge is -2.54. The van der Waals surface area contributed by atoms with Crippen LogP contribution in [0, 0.1) is 47.3 Å². The SMILES string of the molecule is C[C@H]1c2ccc(Nc3nc(C4C5CC6CC(C5)CC4C6)cs3)c(O)c2C(=O)C2C(=O)[C@]3(O)C(=O)C(C(N)=O)C(=O)C[C@@H]3[C@@H](O)[C@@H]21. The van der Waals surface area contributed by atoms with Crippen molar-refractivity contribution in [2.45, 2.75) is 69.0 Å². The summed E-state index contributed by atoms with van der Waals surface area (Å²) < 4.78 is 0. The molecule has 2 aromatic rings. The van der Waals surface area contributed by atoms with Gasteiger partial charge in [-0.1, -0.05) is 13.0 Å². The van der Waals surface area contributed by atoms with E-state index in [9.17, 15) is 39.3 Å². The first-order valence-corrected chi connectivity index (χ1v) is 16.7. The third-order valence-electron chi connectivity index (χ3n) is 12.2. The number of nitrogens with zero attached hydrogens (tertiary/aromatic N) is 1. The molecular formula is C33H35N3O8S. The van der Waals surface area contributed by atoms with Crippen LogP contribution in [0.3, 0.4) is 0 Å². The van der Waals surface area contributed by atoms with Crippen molar-refractivity contribution in [3.63, 3.8) is 0 Å². The van der Waals surface area contributed by atoms with E-state index in [0.29, 0.717) is 28.4 Å². The first-order valence-electron chi connectivity index (χ1n) is 15.8. The summed E-state index contributed by atoms with van der Waals surface area (Å²) in [5.41, 5.74) is 3.85. The third kappa shape index (κ3) is 3.88. The van der Waals surface area contributed by atoms with Crippen molar-refractivity contribution in [3.05, 3.63) is 34.3 Å². The molecule has 1 amide bonds. The van der Waals surface area contributed by atoms with Crippen LogP contribution < -0.4 is 11.1 Å². The third-order valence-corrected chi connectivity index (χ3v) is 13.0. The summed E-state index contributed by atoms with van der Waals surface area (Å²) in [5, 5.41) is 40.1. The fraction of sp³-hybridized carbons (Fsp3) is 0.576. The summed E-state index contributed by atoms with van der Waals surface area (Å²) in [5.74, 6) is -9.57. The number of primary amides is 1. The summed E-state index contributed by atoms with van der Waals surface area (Å²) in [6.45, 7) is 1.69.